The van der Waals surface area contributed by atoms with E-state index in [1.807, 2.05) is 48.5 Å². The zero-order chi connectivity index (χ0) is 22.2. The maximum absolute atomic E-state index is 6.12. The van der Waals surface area contributed by atoms with E-state index in [1.165, 1.54) is 5.56 Å². The molecule has 0 fully saturated rings. The molecule has 2 aliphatic heterocycles. The topological polar surface area (TPSA) is 74.7 Å². The highest BCUT2D eigenvalue weighted by molar-refractivity contribution is 7.99. The summed E-state index contributed by atoms with van der Waals surface area (Å²) >= 11 is 1.55. The Labute approximate surface area is 195 Å². The van der Waals surface area contributed by atoms with Gasteiger partial charge in [0.2, 0.25) is 12.1 Å². The van der Waals surface area contributed by atoms with Crippen molar-refractivity contribution in [1.82, 2.24) is 9.97 Å². The van der Waals surface area contributed by atoms with Gasteiger partial charge < -0.3 is 15.0 Å². The van der Waals surface area contributed by atoms with Gasteiger partial charge in [0.25, 0.3) is 0 Å². The van der Waals surface area contributed by atoms with Crippen molar-refractivity contribution in [3.05, 3.63) is 90.0 Å². The Bertz CT molecular complexity index is 1320. The number of fused-ring (bicyclic) bond motifs is 3. The molecule has 1 atom stereocenters. The van der Waals surface area contributed by atoms with E-state index in [0.29, 0.717) is 11.7 Å². The summed E-state index contributed by atoms with van der Waals surface area (Å²) in [4.78, 5) is 8.39. The summed E-state index contributed by atoms with van der Waals surface area (Å²) in [6, 6.07) is 26.6. The van der Waals surface area contributed by atoms with Gasteiger partial charge in [0.15, 0.2) is 5.16 Å². The summed E-state index contributed by atoms with van der Waals surface area (Å²) in [6.07, 6.45) is -0.300. The van der Waals surface area contributed by atoms with Gasteiger partial charge in [-0.15, -0.1) is 10.2 Å². The lowest BCUT2D eigenvalue weighted by Crippen LogP contribution is -2.32. The van der Waals surface area contributed by atoms with Crippen molar-refractivity contribution in [3.63, 3.8) is 0 Å². The Morgan fingerprint density at radius 2 is 1.64 bits per heavy atom. The number of aryl methyl sites for hydroxylation is 1. The fraction of sp³-hybridized carbons (Fsp3) is 0.115. The van der Waals surface area contributed by atoms with Crippen molar-refractivity contribution in [2.24, 2.45) is 10.2 Å². The number of nitrogens with one attached hydrogen (secondary N) is 2. The molecule has 3 aromatic carbocycles. The predicted molar refractivity (Wildman–Crippen MR) is 134 cm³/mol. The molecule has 162 valence electrons. The fourth-order valence-electron chi connectivity index (χ4n) is 4.11. The molecule has 1 unspecified atom stereocenters. The number of nitrogens with zero attached hydrogens (tertiary/aromatic N) is 3. The lowest BCUT2D eigenvalue weighted by molar-refractivity contribution is 0.276. The molecule has 2 N–H and O–H groups in total. The van der Waals surface area contributed by atoms with E-state index < -0.39 is 0 Å². The second-order valence-corrected chi connectivity index (χ2v) is 8.87. The molecule has 0 bridgehead atoms. The number of thioether (sulfide) groups is 1. The third-order valence-electron chi connectivity index (χ3n) is 5.72. The molecule has 3 heterocycles. The van der Waals surface area contributed by atoms with Gasteiger partial charge >= 0.3 is 0 Å². The highest BCUT2D eigenvalue weighted by Gasteiger charge is 2.33. The number of rotatable bonds is 5. The van der Waals surface area contributed by atoms with Gasteiger partial charge in [0.05, 0.1) is 17.1 Å². The quantitative estimate of drug-likeness (QED) is 0.380. The minimum atomic E-state index is -0.300. The van der Waals surface area contributed by atoms with Gasteiger partial charge in [-0.2, -0.15) is 0 Å². The van der Waals surface area contributed by atoms with Gasteiger partial charge in [-0.25, -0.2) is 4.98 Å². The van der Waals surface area contributed by atoms with E-state index in [-0.39, 0.29) is 6.23 Å². The van der Waals surface area contributed by atoms with E-state index in [9.17, 15) is 0 Å². The maximum atomic E-state index is 6.12. The van der Waals surface area contributed by atoms with Crippen molar-refractivity contribution >= 4 is 29.1 Å². The Morgan fingerprint density at radius 3 is 2.42 bits per heavy atom. The number of aromatic nitrogens is 2. The van der Waals surface area contributed by atoms with E-state index in [0.717, 1.165) is 44.6 Å². The van der Waals surface area contributed by atoms with E-state index >= 15 is 0 Å². The molecule has 0 saturated heterocycles. The minimum absolute atomic E-state index is 0.300. The number of ether oxygens (including phenoxy) is 1. The van der Waals surface area contributed by atoms with Crippen LogP contribution >= 0.6 is 11.8 Å². The van der Waals surface area contributed by atoms with Crippen LogP contribution in [0.2, 0.25) is 0 Å². The van der Waals surface area contributed by atoms with Crippen molar-refractivity contribution in [2.75, 3.05) is 11.1 Å². The molecule has 0 saturated carbocycles. The monoisotopic (exact) mass is 451 g/mol. The molecule has 6 rings (SSSR count). The van der Waals surface area contributed by atoms with Crippen LogP contribution in [0.5, 0.6) is 0 Å². The number of benzene rings is 3. The first-order valence-corrected chi connectivity index (χ1v) is 11.8. The van der Waals surface area contributed by atoms with E-state index in [2.05, 4.69) is 57.8 Å². The first kappa shape index (κ1) is 19.8. The molecule has 0 spiro atoms. The van der Waals surface area contributed by atoms with Crippen molar-refractivity contribution < 1.29 is 4.74 Å². The standard InChI is InChI=1S/C26H21N5OS/c1-16-9-8-14-19-21(16)27-25-24(19)31-30-20(32-25)15-33-26-28-22(17-10-4-2-5-11-17)23(29-26)18-12-6-3-7-13-18/h2-14,25,27H,15H2,1H3,(H,28,29). The molecular weight excluding hydrogens is 430 g/mol. The third-order valence-corrected chi connectivity index (χ3v) is 6.58. The van der Waals surface area contributed by atoms with Crippen LogP contribution in [-0.2, 0) is 4.74 Å². The SMILES string of the molecule is Cc1cccc2c1NC1OC(CSc3nc(-c4ccccc4)c(-c4ccccc4)[nH]3)=NN=C21. The summed E-state index contributed by atoms with van der Waals surface area (Å²) in [7, 11) is 0. The normalized spacial score (nSPS) is 16.2. The Morgan fingerprint density at radius 1 is 0.879 bits per heavy atom. The van der Waals surface area contributed by atoms with Crippen LogP contribution in [0, 0.1) is 6.92 Å². The lowest BCUT2D eigenvalue weighted by atomic mass is 10.1. The predicted octanol–water partition coefficient (Wildman–Crippen LogP) is 5.73. The Kier molecular flexibility index (Phi) is 4.96. The number of hydrogen-bond acceptors (Lipinski definition) is 6. The van der Waals surface area contributed by atoms with Crippen molar-refractivity contribution in [3.8, 4) is 22.5 Å². The largest absolute Gasteiger partial charge is 0.449 e. The molecule has 0 radical (unpaired) electrons. The minimum Gasteiger partial charge on any atom is -0.449 e. The summed E-state index contributed by atoms with van der Waals surface area (Å²) in [5.41, 5.74) is 8.22. The van der Waals surface area contributed by atoms with Crippen molar-refractivity contribution in [1.29, 1.82) is 0 Å². The van der Waals surface area contributed by atoms with Gasteiger partial charge in [0, 0.05) is 22.4 Å². The number of anilines is 1. The second-order valence-electron chi connectivity index (χ2n) is 7.90. The van der Waals surface area contributed by atoms with Gasteiger partial charge in [-0.3, -0.25) is 0 Å². The summed E-state index contributed by atoms with van der Waals surface area (Å²) in [6.45, 7) is 2.08. The molecule has 33 heavy (non-hydrogen) atoms. The van der Waals surface area contributed by atoms with Gasteiger partial charge in [-0.05, 0) is 12.5 Å². The van der Waals surface area contributed by atoms with Crippen LogP contribution in [0.3, 0.4) is 0 Å². The summed E-state index contributed by atoms with van der Waals surface area (Å²) < 4.78 is 6.12. The van der Waals surface area contributed by atoms with E-state index in [1.54, 1.807) is 11.8 Å². The second kappa shape index (κ2) is 8.26. The number of imidazole rings is 1. The number of para-hydroxylation sites is 1. The van der Waals surface area contributed by atoms with Crippen LogP contribution in [0.15, 0.2) is 94.2 Å². The molecule has 2 aliphatic rings. The maximum Gasteiger partial charge on any atom is 0.221 e. The average molecular weight is 452 g/mol. The molecule has 0 amide bonds. The van der Waals surface area contributed by atoms with Gasteiger partial charge in [-0.1, -0.05) is 90.6 Å². The Hall–Kier alpha value is -3.84. The van der Waals surface area contributed by atoms with Gasteiger partial charge in [0.1, 0.15) is 5.71 Å². The van der Waals surface area contributed by atoms with Crippen LogP contribution in [0.1, 0.15) is 11.1 Å². The molecule has 7 heteroatoms. The summed E-state index contributed by atoms with van der Waals surface area (Å²) in [5, 5.41) is 13.0. The third kappa shape index (κ3) is 3.70. The average Bonchev–Trinajstić information content (AvgIpc) is 3.46. The first-order chi connectivity index (χ1) is 16.3. The zero-order valence-electron chi connectivity index (χ0n) is 17.9. The van der Waals surface area contributed by atoms with Crippen LogP contribution in [0.25, 0.3) is 22.5 Å². The molecular formula is C26H21N5OS. The zero-order valence-corrected chi connectivity index (χ0v) is 18.8. The van der Waals surface area contributed by atoms with Crippen LogP contribution < -0.4 is 5.32 Å². The lowest BCUT2D eigenvalue weighted by Gasteiger charge is -2.18. The number of aromatic amines is 1. The highest BCUT2D eigenvalue weighted by atomic mass is 32.2. The first-order valence-electron chi connectivity index (χ1n) is 10.8. The molecule has 0 aliphatic carbocycles. The van der Waals surface area contributed by atoms with Crippen LogP contribution in [0.4, 0.5) is 5.69 Å². The summed E-state index contributed by atoms with van der Waals surface area (Å²) in [5.74, 6) is 1.10. The molecule has 1 aromatic heterocycles. The Balaban J connectivity index is 1.25. The molecule has 6 nitrogen and oxygen atoms in total. The number of hydrogen-bond donors (Lipinski definition) is 2. The smallest absolute Gasteiger partial charge is 0.221 e. The van der Waals surface area contributed by atoms with Crippen molar-refractivity contribution in [2.45, 2.75) is 18.3 Å². The highest BCUT2D eigenvalue weighted by Crippen LogP contribution is 2.34. The van der Waals surface area contributed by atoms with E-state index in [4.69, 9.17) is 9.72 Å². The molecule has 4 aromatic rings. The van der Waals surface area contributed by atoms with Crippen LogP contribution in [-0.4, -0.2) is 33.6 Å². The number of H-pyrrole nitrogens is 1. The fourth-order valence-corrected chi connectivity index (χ4v) is 4.82.